The Balaban J connectivity index is 3.32. The lowest BCUT2D eigenvalue weighted by Gasteiger charge is -1.90. The van der Waals surface area contributed by atoms with Gasteiger partial charge < -0.3 is 5.11 Å². The minimum Gasteiger partial charge on any atom is -0.508 e. The quantitative estimate of drug-likeness (QED) is 0.653. The van der Waals surface area contributed by atoms with E-state index < -0.39 is 0 Å². The molecular weight excluding hydrogens is 148 g/mol. The molecule has 0 aliphatic heterocycles. The van der Waals surface area contributed by atoms with Gasteiger partial charge in [-0.3, -0.25) is 0 Å². The molecule has 0 amide bonds. The molecular formula is C11H12O. The molecule has 1 nitrogen and oxygen atoms in total. The first-order valence-electron chi connectivity index (χ1n) is 3.85. The standard InChI is InChI=1S/C11H12O/c1-3-4-5-10-8-11(12)7-6-9(10)2/h3-8,12H,2H2,1H3/b4-3+,10-5-. The molecule has 1 rings (SSSR count). The molecule has 12 heavy (non-hydrogen) atoms. The van der Waals surface area contributed by atoms with Crippen LogP contribution in [0.5, 0.6) is 5.75 Å². The normalized spacial score (nSPS) is 12.6. The van der Waals surface area contributed by atoms with Gasteiger partial charge in [0.1, 0.15) is 5.75 Å². The van der Waals surface area contributed by atoms with Crippen molar-refractivity contribution in [1.29, 1.82) is 0 Å². The van der Waals surface area contributed by atoms with E-state index in [4.69, 9.17) is 5.11 Å². The Morgan fingerprint density at radius 1 is 1.42 bits per heavy atom. The molecule has 62 valence electrons. The second-order valence-electron chi connectivity index (χ2n) is 2.58. The number of benzene rings is 1. The van der Waals surface area contributed by atoms with Gasteiger partial charge in [0, 0.05) is 0 Å². The summed E-state index contributed by atoms with van der Waals surface area (Å²) in [4.78, 5) is 0. The number of phenols is 1. The molecule has 0 aliphatic rings. The number of rotatable bonds is 1. The molecule has 0 aliphatic carbocycles. The van der Waals surface area contributed by atoms with Crippen LogP contribution in [-0.4, -0.2) is 5.11 Å². The van der Waals surface area contributed by atoms with Gasteiger partial charge >= 0.3 is 0 Å². The van der Waals surface area contributed by atoms with Crippen LogP contribution in [0.25, 0.3) is 12.7 Å². The number of phenolic OH excluding ortho intramolecular Hbond substituents is 1. The highest BCUT2D eigenvalue weighted by atomic mass is 16.3. The molecule has 0 unspecified atom stereocenters. The van der Waals surface area contributed by atoms with E-state index in [1.807, 2.05) is 25.2 Å². The minimum atomic E-state index is 0.276. The van der Waals surface area contributed by atoms with Crippen molar-refractivity contribution in [3.05, 3.63) is 40.8 Å². The van der Waals surface area contributed by atoms with Crippen molar-refractivity contribution in [3.8, 4) is 5.75 Å². The number of allylic oxidation sites excluding steroid dienone is 2. The van der Waals surface area contributed by atoms with E-state index in [0.717, 1.165) is 10.4 Å². The van der Waals surface area contributed by atoms with Crippen molar-refractivity contribution >= 4 is 12.7 Å². The Bertz CT molecular complexity index is 388. The van der Waals surface area contributed by atoms with Crippen LogP contribution in [0.15, 0.2) is 30.4 Å². The van der Waals surface area contributed by atoms with E-state index >= 15 is 0 Å². The Hall–Kier alpha value is -1.50. The highest BCUT2D eigenvalue weighted by Crippen LogP contribution is 1.97. The second kappa shape index (κ2) is 3.77. The minimum absolute atomic E-state index is 0.276. The Kier molecular flexibility index (Phi) is 2.70. The maximum atomic E-state index is 9.16. The van der Waals surface area contributed by atoms with Crippen molar-refractivity contribution in [3.63, 3.8) is 0 Å². The van der Waals surface area contributed by atoms with Crippen LogP contribution in [0, 0.1) is 0 Å². The van der Waals surface area contributed by atoms with Gasteiger partial charge in [-0.05, 0) is 29.5 Å². The van der Waals surface area contributed by atoms with Crippen LogP contribution >= 0.6 is 0 Å². The molecule has 1 heteroatoms. The average molecular weight is 160 g/mol. The topological polar surface area (TPSA) is 20.2 Å². The summed E-state index contributed by atoms with van der Waals surface area (Å²) in [7, 11) is 0. The van der Waals surface area contributed by atoms with E-state index in [0.29, 0.717) is 0 Å². The fraction of sp³-hybridized carbons (Fsp3) is 0.0909. The Labute approximate surface area is 72.0 Å². The molecule has 0 saturated carbocycles. The van der Waals surface area contributed by atoms with Crippen LogP contribution in [0.4, 0.5) is 0 Å². The first-order chi connectivity index (χ1) is 5.74. The van der Waals surface area contributed by atoms with Crippen LogP contribution in [-0.2, 0) is 0 Å². The van der Waals surface area contributed by atoms with Crippen LogP contribution < -0.4 is 10.4 Å². The molecule has 0 fully saturated rings. The largest absolute Gasteiger partial charge is 0.508 e. The Morgan fingerprint density at radius 2 is 2.17 bits per heavy atom. The van der Waals surface area contributed by atoms with Crippen LogP contribution in [0.3, 0.4) is 0 Å². The SMILES string of the molecule is C=c1ccc(O)c/c1=C/C=C/C. The summed E-state index contributed by atoms with van der Waals surface area (Å²) < 4.78 is 0. The van der Waals surface area contributed by atoms with Gasteiger partial charge in [0.15, 0.2) is 0 Å². The lowest BCUT2D eigenvalue weighted by atomic mass is 10.2. The fourth-order valence-corrected chi connectivity index (χ4v) is 0.937. The van der Waals surface area contributed by atoms with Crippen molar-refractivity contribution < 1.29 is 5.11 Å². The van der Waals surface area contributed by atoms with Crippen molar-refractivity contribution in [1.82, 2.24) is 0 Å². The van der Waals surface area contributed by atoms with Gasteiger partial charge in [-0.15, -0.1) is 0 Å². The smallest absolute Gasteiger partial charge is 0.116 e. The lowest BCUT2D eigenvalue weighted by molar-refractivity contribution is 0.474. The summed E-state index contributed by atoms with van der Waals surface area (Å²) in [6.45, 7) is 5.78. The predicted octanol–water partition coefficient (Wildman–Crippen LogP) is 1.16. The summed E-state index contributed by atoms with van der Waals surface area (Å²) in [5.41, 5.74) is 0. The lowest BCUT2D eigenvalue weighted by Crippen LogP contribution is -2.21. The highest BCUT2D eigenvalue weighted by Gasteiger charge is 1.85. The van der Waals surface area contributed by atoms with Crippen molar-refractivity contribution in [2.24, 2.45) is 0 Å². The Morgan fingerprint density at radius 3 is 2.83 bits per heavy atom. The third kappa shape index (κ3) is 1.99. The number of hydrogen-bond donors (Lipinski definition) is 1. The number of aromatic hydroxyl groups is 1. The first kappa shape index (κ1) is 8.60. The molecule has 0 saturated heterocycles. The van der Waals surface area contributed by atoms with Crippen molar-refractivity contribution in [2.75, 3.05) is 0 Å². The van der Waals surface area contributed by atoms with Crippen LogP contribution in [0.1, 0.15) is 6.92 Å². The molecule has 0 bridgehead atoms. The summed E-state index contributed by atoms with van der Waals surface area (Å²) in [5.74, 6) is 0.276. The molecule has 1 aromatic carbocycles. The van der Waals surface area contributed by atoms with E-state index in [1.54, 1.807) is 18.2 Å². The zero-order valence-electron chi connectivity index (χ0n) is 7.12. The molecule has 0 spiro atoms. The molecule has 0 radical (unpaired) electrons. The summed E-state index contributed by atoms with van der Waals surface area (Å²) in [5, 5.41) is 11.0. The van der Waals surface area contributed by atoms with Gasteiger partial charge in [0.25, 0.3) is 0 Å². The third-order valence-corrected chi connectivity index (χ3v) is 1.60. The maximum absolute atomic E-state index is 9.16. The van der Waals surface area contributed by atoms with Gasteiger partial charge in [-0.2, -0.15) is 0 Å². The monoisotopic (exact) mass is 160 g/mol. The molecule has 1 aromatic rings. The summed E-state index contributed by atoms with van der Waals surface area (Å²) in [6, 6.07) is 5.13. The molecule has 1 N–H and O–H groups in total. The van der Waals surface area contributed by atoms with Gasteiger partial charge in [-0.25, -0.2) is 0 Å². The first-order valence-corrected chi connectivity index (χ1v) is 3.85. The summed E-state index contributed by atoms with van der Waals surface area (Å²) in [6.07, 6.45) is 5.77. The van der Waals surface area contributed by atoms with E-state index in [2.05, 4.69) is 6.58 Å². The fourth-order valence-electron chi connectivity index (χ4n) is 0.937. The predicted molar refractivity (Wildman–Crippen MR) is 52.2 cm³/mol. The van der Waals surface area contributed by atoms with Gasteiger partial charge in [-0.1, -0.05) is 30.9 Å². The van der Waals surface area contributed by atoms with E-state index in [9.17, 15) is 0 Å². The van der Waals surface area contributed by atoms with Gasteiger partial charge in [0.2, 0.25) is 0 Å². The van der Waals surface area contributed by atoms with E-state index in [1.165, 1.54) is 0 Å². The summed E-state index contributed by atoms with van der Waals surface area (Å²) >= 11 is 0. The third-order valence-electron chi connectivity index (χ3n) is 1.60. The zero-order valence-corrected chi connectivity index (χ0v) is 7.12. The van der Waals surface area contributed by atoms with Crippen molar-refractivity contribution in [2.45, 2.75) is 6.92 Å². The van der Waals surface area contributed by atoms with Gasteiger partial charge in [0.05, 0.1) is 0 Å². The maximum Gasteiger partial charge on any atom is 0.116 e. The zero-order chi connectivity index (χ0) is 8.97. The second-order valence-corrected chi connectivity index (χ2v) is 2.58. The molecule has 0 atom stereocenters. The van der Waals surface area contributed by atoms with Crippen LogP contribution in [0.2, 0.25) is 0 Å². The number of hydrogen-bond acceptors (Lipinski definition) is 1. The average Bonchev–Trinajstić information content (AvgIpc) is 2.07. The molecule has 0 heterocycles. The molecule has 0 aromatic heterocycles. The highest BCUT2D eigenvalue weighted by molar-refractivity contribution is 5.39. The van der Waals surface area contributed by atoms with E-state index in [-0.39, 0.29) is 5.75 Å².